The van der Waals surface area contributed by atoms with Gasteiger partial charge in [0.2, 0.25) is 0 Å². The molecule has 0 spiro atoms. The van der Waals surface area contributed by atoms with E-state index >= 15 is 0 Å². The lowest BCUT2D eigenvalue weighted by molar-refractivity contribution is 0.441. The third-order valence-corrected chi connectivity index (χ3v) is 5.53. The van der Waals surface area contributed by atoms with Crippen LogP contribution < -0.4 is 5.69 Å². The normalized spacial score (nSPS) is 15.7. The van der Waals surface area contributed by atoms with Crippen molar-refractivity contribution < 1.29 is 0 Å². The molecule has 0 aliphatic heterocycles. The maximum atomic E-state index is 12.5. The van der Waals surface area contributed by atoms with Crippen molar-refractivity contribution in [2.24, 2.45) is 0 Å². The lowest BCUT2D eigenvalue weighted by Crippen LogP contribution is -2.24. The van der Waals surface area contributed by atoms with Crippen LogP contribution >= 0.6 is 11.3 Å². The first-order valence-corrected chi connectivity index (χ1v) is 9.22. The number of rotatable bonds is 4. The van der Waals surface area contributed by atoms with Crippen molar-refractivity contribution in [2.45, 2.75) is 44.6 Å². The van der Waals surface area contributed by atoms with Crippen molar-refractivity contribution >= 4 is 11.3 Å². The highest BCUT2D eigenvalue weighted by atomic mass is 32.1. The van der Waals surface area contributed by atoms with Gasteiger partial charge >= 0.3 is 5.69 Å². The third kappa shape index (κ3) is 3.03. The fourth-order valence-corrected chi connectivity index (χ4v) is 4.17. The molecule has 0 bridgehead atoms. The van der Waals surface area contributed by atoms with Crippen LogP contribution in [0.2, 0.25) is 0 Å². The summed E-state index contributed by atoms with van der Waals surface area (Å²) in [6.45, 7) is 0.370. The highest BCUT2D eigenvalue weighted by Gasteiger charge is 2.19. The van der Waals surface area contributed by atoms with Gasteiger partial charge in [-0.15, -0.1) is 11.3 Å². The SMILES string of the molecule is O=c1n(Cc2csc(C3CCCCC3)n2)nnn1-c1ccccc1. The average Bonchev–Trinajstić information content (AvgIpc) is 3.25. The summed E-state index contributed by atoms with van der Waals surface area (Å²) in [6.07, 6.45) is 6.40. The molecule has 1 aliphatic rings. The van der Waals surface area contributed by atoms with Gasteiger partial charge in [-0.2, -0.15) is 9.36 Å². The Kier molecular flexibility index (Phi) is 4.25. The van der Waals surface area contributed by atoms with Crippen molar-refractivity contribution in [1.29, 1.82) is 0 Å². The number of tetrazole rings is 1. The number of aromatic nitrogens is 5. The van der Waals surface area contributed by atoms with E-state index in [0.717, 1.165) is 11.4 Å². The number of thiazole rings is 1. The second-order valence-electron chi connectivity index (χ2n) is 6.18. The second-order valence-corrected chi connectivity index (χ2v) is 7.07. The first-order chi connectivity index (χ1) is 11.8. The Bertz CT molecular complexity index is 860. The molecule has 0 unspecified atom stereocenters. The molecule has 7 heteroatoms. The molecule has 1 aliphatic carbocycles. The first-order valence-electron chi connectivity index (χ1n) is 8.34. The quantitative estimate of drug-likeness (QED) is 0.732. The van der Waals surface area contributed by atoms with Gasteiger partial charge in [0.25, 0.3) is 0 Å². The van der Waals surface area contributed by atoms with Gasteiger partial charge in [0.15, 0.2) is 0 Å². The largest absolute Gasteiger partial charge is 0.368 e. The monoisotopic (exact) mass is 341 g/mol. The predicted molar refractivity (Wildman–Crippen MR) is 92.7 cm³/mol. The average molecular weight is 341 g/mol. The van der Waals surface area contributed by atoms with Gasteiger partial charge in [0.05, 0.1) is 22.9 Å². The van der Waals surface area contributed by atoms with E-state index in [1.54, 1.807) is 11.3 Å². The van der Waals surface area contributed by atoms with Gasteiger partial charge < -0.3 is 0 Å². The lowest BCUT2D eigenvalue weighted by atomic mass is 9.90. The summed E-state index contributed by atoms with van der Waals surface area (Å²) < 4.78 is 2.68. The van der Waals surface area contributed by atoms with E-state index in [2.05, 4.69) is 10.4 Å². The molecular weight excluding hydrogens is 322 g/mol. The molecule has 1 fully saturated rings. The second kappa shape index (κ2) is 6.68. The maximum absolute atomic E-state index is 12.5. The van der Waals surface area contributed by atoms with Crippen LogP contribution in [0.25, 0.3) is 5.69 Å². The Labute approximate surface area is 143 Å². The molecule has 0 amide bonds. The van der Waals surface area contributed by atoms with Crippen molar-refractivity contribution in [3.63, 3.8) is 0 Å². The van der Waals surface area contributed by atoms with Crippen molar-refractivity contribution in [3.8, 4) is 5.69 Å². The minimum absolute atomic E-state index is 0.242. The summed E-state index contributed by atoms with van der Waals surface area (Å²) in [5, 5.41) is 11.2. The number of para-hydroxylation sites is 1. The summed E-state index contributed by atoms with van der Waals surface area (Å²) in [5.74, 6) is 0.592. The van der Waals surface area contributed by atoms with E-state index in [1.807, 2.05) is 35.7 Å². The standard InChI is InChI=1S/C17H19N5OS/c23-17-21(19-20-22(17)15-9-5-2-6-10-15)11-14-12-24-16(18-14)13-7-3-1-4-8-13/h2,5-6,9-10,12-13H,1,3-4,7-8,11H2. The Balaban J connectivity index is 1.53. The van der Waals surface area contributed by atoms with Gasteiger partial charge in [0, 0.05) is 11.3 Å². The molecule has 2 heterocycles. The van der Waals surface area contributed by atoms with Crippen molar-refractivity contribution in [3.05, 3.63) is 56.9 Å². The zero-order valence-corrected chi connectivity index (χ0v) is 14.2. The lowest BCUT2D eigenvalue weighted by Gasteiger charge is -2.18. The highest BCUT2D eigenvalue weighted by molar-refractivity contribution is 7.09. The van der Waals surface area contributed by atoms with Crippen molar-refractivity contribution in [2.75, 3.05) is 0 Å². The van der Waals surface area contributed by atoms with Gasteiger partial charge in [-0.1, -0.05) is 37.5 Å². The number of hydrogen-bond acceptors (Lipinski definition) is 5. The molecule has 6 nitrogen and oxygen atoms in total. The van der Waals surface area contributed by atoms with Crippen LogP contribution in [0.5, 0.6) is 0 Å². The number of nitrogens with zero attached hydrogens (tertiary/aromatic N) is 5. The van der Waals surface area contributed by atoms with E-state index in [4.69, 9.17) is 4.98 Å². The zero-order valence-electron chi connectivity index (χ0n) is 13.3. The molecule has 24 heavy (non-hydrogen) atoms. The summed E-state index contributed by atoms with van der Waals surface area (Å²) in [7, 11) is 0. The number of hydrogen-bond donors (Lipinski definition) is 0. The molecule has 1 saturated carbocycles. The summed E-state index contributed by atoms with van der Waals surface area (Å²) in [6, 6.07) is 9.32. The molecule has 1 aromatic carbocycles. The Morgan fingerprint density at radius 2 is 1.88 bits per heavy atom. The highest BCUT2D eigenvalue weighted by Crippen LogP contribution is 2.34. The van der Waals surface area contributed by atoms with Gasteiger partial charge in [-0.3, -0.25) is 0 Å². The van der Waals surface area contributed by atoms with E-state index < -0.39 is 0 Å². The Hall–Kier alpha value is -2.28. The fraction of sp³-hybridized carbons (Fsp3) is 0.412. The maximum Gasteiger partial charge on any atom is 0.368 e. The summed E-state index contributed by atoms with van der Waals surface area (Å²) in [5.41, 5.74) is 1.37. The smallest absolute Gasteiger partial charge is 0.244 e. The summed E-state index contributed by atoms with van der Waals surface area (Å²) in [4.78, 5) is 17.2. The van der Waals surface area contributed by atoms with Crippen LogP contribution in [-0.2, 0) is 6.54 Å². The predicted octanol–water partition coefficient (Wildman–Crippen LogP) is 2.98. The summed E-state index contributed by atoms with van der Waals surface area (Å²) >= 11 is 1.70. The molecule has 4 rings (SSSR count). The van der Waals surface area contributed by atoms with E-state index in [1.165, 1.54) is 46.5 Å². The van der Waals surface area contributed by atoms with Crippen LogP contribution in [-0.4, -0.2) is 24.8 Å². The van der Waals surface area contributed by atoms with Crippen LogP contribution in [0.3, 0.4) is 0 Å². The van der Waals surface area contributed by atoms with E-state index in [9.17, 15) is 4.79 Å². The molecule has 124 valence electrons. The topological polar surface area (TPSA) is 65.6 Å². The molecular formula is C17H19N5OS. The van der Waals surface area contributed by atoms with E-state index in [-0.39, 0.29) is 5.69 Å². The minimum atomic E-state index is -0.242. The van der Waals surface area contributed by atoms with Crippen LogP contribution in [0.15, 0.2) is 40.5 Å². The zero-order chi connectivity index (χ0) is 16.4. The van der Waals surface area contributed by atoms with Crippen molar-refractivity contribution in [1.82, 2.24) is 24.8 Å². The number of benzene rings is 1. The Morgan fingerprint density at radius 1 is 1.08 bits per heavy atom. The molecule has 2 aromatic heterocycles. The first kappa shape index (κ1) is 15.3. The fourth-order valence-electron chi connectivity index (χ4n) is 3.19. The van der Waals surface area contributed by atoms with Crippen LogP contribution in [0, 0.1) is 0 Å². The molecule has 0 saturated heterocycles. The Morgan fingerprint density at radius 3 is 2.67 bits per heavy atom. The molecule has 0 N–H and O–H groups in total. The minimum Gasteiger partial charge on any atom is -0.244 e. The molecule has 0 radical (unpaired) electrons. The molecule has 3 aromatic rings. The van der Waals surface area contributed by atoms with E-state index in [0.29, 0.717) is 12.5 Å². The third-order valence-electron chi connectivity index (χ3n) is 4.48. The van der Waals surface area contributed by atoms with Gasteiger partial charge in [-0.05, 0) is 35.4 Å². The van der Waals surface area contributed by atoms with Gasteiger partial charge in [-0.25, -0.2) is 9.78 Å². The molecule has 0 atom stereocenters. The van der Waals surface area contributed by atoms with Crippen LogP contribution in [0.4, 0.5) is 0 Å². The van der Waals surface area contributed by atoms with Gasteiger partial charge in [0.1, 0.15) is 0 Å². The van der Waals surface area contributed by atoms with Crippen LogP contribution in [0.1, 0.15) is 48.7 Å².